The van der Waals surface area contributed by atoms with Gasteiger partial charge in [-0.25, -0.2) is 4.98 Å². The highest BCUT2D eigenvalue weighted by molar-refractivity contribution is 7.09. The van der Waals surface area contributed by atoms with Gasteiger partial charge in [0.05, 0.1) is 26.0 Å². The van der Waals surface area contributed by atoms with Crippen molar-refractivity contribution < 1.29 is 13.9 Å². The van der Waals surface area contributed by atoms with Crippen molar-refractivity contribution in [1.82, 2.24) is 20.1 Å². The first-order chi connectivity index (χ1) is 12.5. The van der Waals surface area contributed by atoms with Gasteiger partial charge in [0.15, 0.2) is 0 Å². The monoisotopic (exact) mass is 376 g/mol. The molecule has 0 radical (unpaired) electrons. The highest BCUT2D eigenvalue weighted by Crippen LogP contribution is 2.32. The third-order valence-electron chi connectivity index (χ3n) is 4.99. The summed E-state index contributed by atoms with van der Waals surface area (Å²) in [6, 6.07) is 3.41. The van der Waals surface area contributed by atoms with E-state index in [9.17, 15) is 4.79 Å². The zero-order chi connectivity index (χ0) is 18.1. The molecule has 8 heteroatoms. The summed E-state index contributed by atoms with van der Waals surface area (Å²) in [4.78, 5) is 21.4. The Kier molecular flexibility index (Phi) is 4.83. The van der Waals surface area contributed by atoms with Crippen molar-refractivity contribution in [3.05, 3.63) is 40.2 Å². The van der Waals surface area contributed by atoms with Crippen molar-refractivity contribution in [2.24, 2.45) is 0 Å². The molecule has 0 aromatic carbocycles. The summed E-state index contributed by atoms with van der Waals surface area (Å²) in [6.45, 7) is 6.26. The van der Waals surface area contributed by atoms with Crippen LogP contribution in [0.5, 0.6) is 0 Å². The summed E-state index contributed by atoms with van der Waals surface area (Å²) in [5, 5.41) is 6.16. The number of hydrogen-bond donors (Lipinski definition) is 1. The second kappa shape index (κ2) is 7.11. The van der Waals surface area contributed by atoms with E-state index in [2.05, 4.69) is 25.5 Å². The SMILES string of the molecule is Cc1csc(CN2CC3(C2)CN(C)C(C(=O)NCc2ccco2)CO3)n1. The van der Waals surface area contributed by atoms with E-state index in [0.29, 0.717) is 13.2 Å². The fourth-order valence-electron chi connectivity index (χ4n) is 3.71. The van der Waals surface area contributed by atoms with Gasteiger partial charge in [0.1, 0.15) is 22.4 Å². The van der Waals surface area contributed by atoms with Crippen molar-refractivity contribution in [3.63, 3.8) is 0 Å². The van der Waals surface area contributed by atoms with Crippen LogP contribution in [-0.2, 0) is 22.6 Å². The number of hydrogen-bond acceptors (Lipinski definition) is 7. The minimum absolute atomic E-state index is 0.0202. The van der Waals surface area contributed by atoms with Crippen molar-refractivity contribution >= 4 is 17.2 Å². The fourth-order valence-corrected chi connectivity index (χ4v) is 4.53. The van der Waals surface area contributed by atoms with Crippen LogP contribution in [0.2, 0.25) is 0 Å². The Morgan fingerprint density at radius 2 is 2.31 bits per heavy atom. The first-order valence-electron chi connectivity index (χ1n) is 8.81. The van der Waals surface area contributed by atoms with Gasteiger partial charge in [-0.05, 0) is 26.1 Å². The van der Waals surface area contributed by atoms with Gasteiger partial charge in [-0.2, -0.15) is 0 Å². The smallest absolute Gasteiger partial charge is 0.240 e. The van der Waals surface area contributed by atoms with Crippen LogP contribution in [-0.4, -0.2) is 65.6 Å². The first-order valence-corrected chi connectivity index (χ1v) is 9.69. The maximum Gasteiger partial charge on any atom is 0.240 e. The lowest BCUT2D eigenvalue weighted by Gasteiger charge is -2.54. The number of morpholine rings is 1. The molecule has 26 heavy (non-hydrogen) atoms. The van der Waals surface area contributed by atoms with Crippen LogP contribution in [0, 0.1) is 6.92 Å². The Bertz CT molecular complexity index is 754. The summed E-state index contributed by atoms with van der Waals surface area (Å²) < 4.78 is 11.4. The van der Waals surface area contributed by atoms with E-state index in [0.717, 1.165) is 42.6 Å². The minimum atomic E-state index is -0.258. The molecule has 1 atom stereocenters. The molecule has 1 N–H and O–H groups in total. The Balaban J connectivity index is 1.25. The summed E-state index contributed by atoms with van der Waals surface area (Å²) in [6.07, 6.45) is 1.61. The Hall–Kier alpha value is -1.74. The average molecular weight is 376 g/mol. The number of nitrogens with one attached hydrogen (secondary N) is 1. The molecule has 1 unspecified atom stereocenters. The molecule has 2 aromatic rings. The molecule has 2 saturated heterocycles. The lowest BCUT2D eigenvalue weighted by molar-refractivity contribution is -0.198. The highest BCUT2D eigenvalue weighted by atomic mass is 32.1. The normalized spacial score (nSPS) is 23.1. The number of carbonyl (C=O) groups is 1. The predicted octanol–water partition coefficient (Wildman–Crippen LogP) is 1.25. The number of likely N-dealkylation sites (tertiary alicyclic amines) is 1. The van der Waals surface area contributed by atoms with Crippen LogP contribution in [0.4, 0.5) is 0 Å². The molecule has 2 aromatic heterocycles. The summed E-state index contributed by atoms with van der Waals surface area (Å²) >= 11 is 1.71. The number of aryl methyl sites for hydroxylation is 1. The van der Waals surface area contributed by atoms with Crippen molar-refractivity contribution in [1.29, 1.82) is 0 Å². The van der Waals surface area contributed by atoms with Gasteiger partial charge < -0.3 is 14.5 Å². The summed E-state index contributed by atoms with van der Waals surface area (Å²) in [5.41, 5.74) is 0.927. The summed E-state index contributed by atoms with van der Waals surface area (Å²) in [7, 11) is 1.99. The minimum Gasteiger partial charge on any atom is -0.467 e. The lowest BCUT2D eigenvalue weighted by atomic mass is 9.90. The van der Waals surface area contributed by atoms with E-state index in [1.807, 2.05) is 26.1 Å². The Morgan fingerprint density at radius 1 is 1.46 bits per heavy atom. The third-order valence-corrected chi connectivity index (χ3v) is 5.94. The number of rotatable bonds is 5. The third kappa shape index (κ3) is 3.68. The maximum absolute atomic E-state index is 12.4. The number of amides is 1. The standard InChI is InChI=1S/C18H24N4O3S/c1-13-9-26-16(20-13)7-22-11-18(12-22)10-21(2)15(8-25-18)17(23)19-6-14-4-3-5-24-14/h3-5,9,15H,6-8,10-12H2,1-2H3,(H,19,23). The van der Waals surface area contributed by atoms with E-state index in [1.165, 1.54) is 0 Å². The number of aromatic nitrogens is 1. The van der Waals surface area contributed by atoms with Crippen molar-refractivity contribution in [2.75, 3.05) is 33.3 Å². The largest absolute Gasteiger partial charge is 0.467 e. The van der Waals surface area contributed by atoms with Gasteiger partial charge >= 0.3 is 0 Å². The number of likely N-dealkylation sites (N-methyl/N-ethyl adjacent to an activating group) is 1. The van der Waals surface area contributed by atoms with Gasteiger partial charge in [-0.1, -0.05) is 0 Å². The molecule has 2 aliphatic heterocycles. The molecular formula is C18H24N4O3S. The quantitative estimate of drug-likeness (QED) is 0.847. The van der Waals surface area contributed by atoms with E-state index in [4.69, 9.17) is 9.15 Å². The zero-order valence-corrected chi connectivity index (χ0v) is 15.9. The lowest BCUT2D eigenvalue weighted by Crippen LogP contribution is -2.72. The van der Waals surface area contributed by atoms with E-state index >= 15 is 0 Å². The Morgan fingerprint density at radius 3 is 2.96 bits per heavy atom. The number of carbonyl (C=O) groups excluding carboxylic acids is 1. The second-order valence-electron chi connectivity index (χ2n) is 7.25. The van der Waals surface area contributed by atoms with Crippen molar-refractivity contribution in [2.45, 2.75) is 31.7 Å². The van der Waals surface area contributed by atoms with Crippen LogP contribution >= 0.6 is 11.3 Å². The molecule has 2 aliphatic rings. The highest BCUT2D eigenvalue weighted by Gasteiger charge is 2.49. The van der Waals surface area contributed by atoms with Gasteiger partial charge in [0.25, 0.3) is 0 Å². The fraction of sp³-hybridized carbons (Fsp3) is 0.556. The molecule has 0 aliphatic carbocycles. The van der Waals surface area contributed by atoms with Gasteiger partial charge in [0, 0.05) is 30.7 Å². The van der Waals surface area contributed by atoms with E-state index < -0.39 is 0 Å². The van der Waals surface area contributed by atoms with Crippen molar-refractivity contribution in [3.8, 4) is 0 Å². The number of furan rings is 1. The molecule has 0 saturated carbocycles. The van der Waals surface area contributed by atoms with Crippen LogP contribution in [0.1, 0.15) is 16.5 Å². The summed E-state index contributed by atoms with van der Waals surface area (Å²) in [5.74, 6) is 0.731. The molecule has 0 bridgehead atoms. The van der Waals surface area contributed by atoms with Crippen LogP contribution in [0.15, 0.2) is 28.2 Å². The second-order valence-corrected chi connectivity index (χ2v) is 8.19. The molecule has 4 heterocycles. The Labute approximate surface area is 156 Å². The van der Waals surface area contributed by atoms with E-state index in [-0.39, 0.29) is 17.6 Å². The topological polar surface area (TPSA) is 70.8 Å². The van der Waals surface area contributed by atoms with Gasteiger partial charge in [0.2, 0.25) is 5.91 Å². The molecule has 1 spiro atoms. The average Bonchev–Trinajstić information content (AvgIpc) is 3.23. The van der Waals surface area contributed by atoms with Crippen LogP contribution in [0.3, 0.4) is 0 Å². The van der Waals surface area contributed by atoms with Gasteiger partial charge in [-0.15, -0.1) is 11.3 Å². The molecule has 2 fully saturated rings. The molecule has 7 nitrogen and oxygen atoms in total. The molecular weight excluding hydrogens is 352 g/mol. The zero-order valence-electron chi connectivity index (χ0n) is 15.1. The molecule has 1 amide bonds. The van der Waals surface area contributed by atoms with Gasteiger partial charge in [-0.3, -0.25) is 14.6 Å². The molecule has 4 rings (SSSR count). The van der Waals surface area contributed by atoms with E-state index in [1.54, 1.807) is 17.6 Å². The van der Waals surface area contributed by atoms with Crippen LogP contribution < -0.4 is 5.32 Å². The number of thiazole rings is 1. The number of ether oxygens (including phenoxy) is 1. The number of nitrogens with zero attached hydrogens (tertiary/aromatic N) is 3. The predicted molar refractivity (Wildman–Crippen MR) is 97.8 cm³/mol. The molecule has 140 valence electrons. The van der Waals surface area contributed by atoms with Crippen LogP contribution in [0.25, 0.3) is 0 Å². The first kappa shape index (κ1) is 17.7. The maximum atomic E-state index is 12.4.